The van der Waals surface area contributed by atoms with Crippen LogP contribution in [0.15, 0.2) is 60.7 Å². The Kier molecular flexibility index (Phi) is 4.26. The first kappa shape index (κ1) is 20.2. The summed E-state index contributed by atoms with van der Waals surface area (Å²) in [6.45, 7) is 1.97. The largest absolute Gasteiger partial charge is 0.359 e. The van der Waals surface area contributed by atoms with Crippen molar-refractivity contribution in [3.05, 3.63) is 77.4 Å². The van der Waals surface area contributed by atoms with E-state index in [0.29, 0.717) is 12.5 Å². The maximum absolute atomic E-state index is 13.8. The van der Waals surface area contributed by atoms with E-state index in [1.165, 1.54) is 21.9 Å². The molecule has 4 aliphatic rings. The smallest absolute Gasteiger partial charge is 0.238 e. The molecular weight excluding hydrogens is 422 g/mol. The highest BCUT2D eigenvalue weighted by atomic mass is 16.2. The normalized spacial score (nSPS) is 28.0. The molecule has 0 radical (unpaired) electrons. The fourth-order valence-electron chi connectivity index (χ4n) is 7.15. The van der Waals surface area contributed by atoms with Gasteiger partial charge in [0.1, 0.15) is 0 Å². The number of likely N-dealkylation sites (tertiary alicyclic amines) is 1. The first-order chi connectivity index (χ1) is 16.6. The second-order valence-electron chi connectivity index (χ2n) is 10.4. The molecule has 0 bridgehead atoms. The van der Waals surface area contributed by atoms with Crippen LogP contribution < -0.4 is 10.2 Å². The monoisotopic (exact) mass is 451 g/mol. The number of hydrogen-bond acceptors (Lipinski definition) is 3. The van der Waals surface area contributed by atoms with E-state index in [1.54, 1.807) is 7.05 Å². The number of carbonyl (C=O) groups excluding carboxylic acids is 2. The van der Waals surface area contributed by atoms with Gasteiger partial charge < -0.3 is 10.2 Å². The van der Waals surface area contributed by atoms with Gasteiger partial charge in [-0.25, -0.2) is 0 Å². The summed E-state index contributed by atoms with van der Waals surface area (Å²) in [6.07, 6.45) is 3.62. The van der Waals surface area contributed by atoms with Crippen molar-refractivity contribution < 1.29 is 9.59 Å². The van der Waals surface area contributed by atoms with Crippen molar-refractivity contribution >= 4 is 28.3 Å². The molecule has 2 amide bonds. The lowest BCUT2D eigenvalue weighted by Gasteiger charge is -2.40. The van der Waals surface area contributed by atoms with Crippen LogP contribution in [-0.4, -0.2) is 42.9 Å². The number of carbonyl (C=O) groups is 2. The number of benzene rings is 3. The summed E-state index contributed by atoms with van der Waals surface area (Å²) >= 11 is 0. The van der Waals surface area contributed by atoms with E-state index >= 15 is 0 Å². The molecule has 5 nitrogen and oxygen atoms in total. The van der Waals surface area contributed by atoms with E-state index in [0.717, 1.165) is 43.6 Å². The number of nitrogens with zero attached hydrogens (tertiary/aromatic N) is 2. The van der Waals surface area contributed by atoms with Crippen LogP contribution in [0.5, 0.6) is 0 Å². The minimum Gasteiger partial charge on any atom is -0.359 e. The zero-order valence-electron chi connectivity index (χ0n) is 19.5. The van der Waals surface area contributed by atoms with Crippen molar-refractivity contribution in [3.63, 3.8) is 0 Å². The molecule has 3 atom stereocenters. The van der Waals surface area contributed by atoms with E-state index in [9.17, 15) is 9.59 Å². The fourth-order valence-corrected chi connectivity index (χ4v) is 7.15. The molecule has 1 saturated carbocycles. The quantitative estimate of drug-likeness (QED) is 0.656. The zero-order chi connectivity index (χ0) is 23.0. The Hall–Kier alpha value is -3.18. The SMILES string of the molecule is CNC(=O)C1CC12C(=O)N(C1CCN(C3Cc4cccc5cccc3c45)CC1)c1ccccc12. The standard InChI is InChI=1S/C29H29N3O2/c1-30-27(33)23-17-29(23)22-10-2-3-11-24(22)32(28(29)34)20-12-14-31(15-13-20)25-16-19-8-4-6-18-7-5-9-21(25)26(18)19/h2-11,20,23,25H,12-17H2,1H3,(H,30,33). The van der Waals surface area contributed by atoms with E-state index in [-0.39, 0.29) is 23.8 Å². The van der Waals surface area contributed by atoms with Crippen molar-refractivity contribution in [1.29, 1.82) is 0 Å². The minimum absolute atomic E-state index is 0.0187. The fraction of sp³-hybridized carbons (Fsp3) is 0.379. The number of anilines is 1. The Morgan fingerprint density at radius 3 is 2.56 bits per heavy atom. The van der Waals surface area contributed by atoms with Crippen LogP contribution in [0.2, 0.25) is 0 Å². The van der Waals surface area contributed by atoms with E-state index in [2.05, 4.69) is 63.6 Å². The molecule has 2 aliphatic carbocycles. The summed E-state index contributed by atoms with van der Waals surface area (Å²) in [7, 11) is 1.66. The van der Waals surface area contributed by atoms with Crippen LogP contribution in [0, 0.1) is 5.92 Å². The van der Waals surface area contributed by atoms with Crippen LogP contribution >= 0.6 is 0 Å². The first-order valence-corrected chi connectivity index (χ1v) is 12.5. The number of hydrogen-bond donors (Lipinski definition) is 1. The summed E-state index contributed by atoms with van der Waals surface area (Å²) in [5, 5.41) is 5.54. The van der Waals surface area contributed by atoms with Gasteiger partial charge in [0.25, 0.3) is 0 Å². The molecule has 172 valence electrons. The van der Waals surface area contributed by atoms with Crippen LogP contribution in [-0.2, 0) is 21.4 Å². The van der Waals surface area contributed by atoms with Crippen molar-refractivity contribution in [2.45, 2.75) is 43.2 Å². The van der Waals surface area contributed by atoms with Gasteiger partial charge in [-0.15, -0.1) is 0 Å². The van der Waals surface area contributed by atoms with Gasteiger partial charge in [0, 0.05) is 37.9 Å². The Labute approximate surface area is 199 Å². The maximum Gasteiger partial charge on any atom is 0.238 e. The lowest BCUT2D eigenvalue weighted by Crippen LogP contribution is -2.48. The van der Waals surface area contributed by atoms with Gasteiger partial charge in [0.15, 0.2) is 0 Å². The molecule has 34 heavy (non-hydrogen) atoms. The lowest BCUT2D eigenvalue weighted by molar-refractivity contribution is -0.126. The van der Waals surface area contributed by atoms with Crippen molar-refractivity contribution in [1.82, 2.24) is 10.2 Å². The third kappa shape index (κ3) is 2.59. The number of fused-ring (bicyclic) bond motifs is 2. The highest BCUT2D eigenvalue weighted by molar-refractivity contribution is 6.14. The molecule has 1 spiro atoms. The molecule has 1 N–H and O–H groups in total. The van der Waals surface area contributed by atoms with Gasteiger partial charge in [-0.05, 0) is 59.2 Å². The van der Waals surface area contributed by atoms with E-state index in [4.69, 9.17) is 0 Å². The third-order valence-electron chi connectivity index (χ3n) is 8.87. The van der Waals surface area contributed by atoms with Crippen molar-refractivity contribution in [2.75, 3.05) is 25.0 Å². The molecular formula is C29H29N3O2. The predicted octanol–water partition coefficient (Wildman–Crippen LogP) is 3.95. The third-order valence-corrected chi connectivity index (χ3v) is 8.87. The number of rotatable bonds is 3. The topological polar surface area (TPSA) is 52.7 Å². The average molecular weight is 452 g/mol. The van der Waals surface area contributed by atoms with Gasteiger partial charge in [-0.3, -0.25) is 14.5 Å². The van der Waals surface area contributed by atoms with Crippen molar-refractivity contribution in [3.8, 4) is 0 Å². The Bertz CT molecular complexity index is 1340. The van der Waals surface area contributed by atoms with Gasteiger partial charge in [-0.1, -0.05) is 54.6 Å². The van der Waals surface area contributed by atoms with Crippen LogP contribution in [0.3, 0.4) is 0 Å². The second kappa shape index (κ2) is 7.16. The van der Waals surface area contributed by atoms with Crippen molar-refractivity contribution in [2.24, 2.45) is 5.92 Å². The summed E-state index contributed by atoms with van der Waals surface area (Å²) in [6, 6.07) is 22.1. The zero-order valence-corrected chi connectivity index (χ0v) is 19.5. The number of piperidine rings is 1. The van der Waals surface area contributed by atoms with E-state index in [1.807, 2.05) is 12.1 Å². The molecule has 2 fully saturated rings. The Morgan fingerprint density at radius 1 is 1.00 bits per heavy atom. The van der Waals surface area contributed by atoms with Crippen LogP contribution in [0.4, 0.5) is 5.69 Å². The Morgan fingerprint density at radius 2 is 1.76 bits per heavy atom. The Balaban J connectivity index is 1.13. The second-order valence-corrected chi connectivity index (χ2v) is 10.4. The summed E-state index contributed by atoms with van der Waals surface area (Å²) < 4.78 is 0. The highest BCUT2D eigenvalue weighted by Gasteiger charge is 2.70. The number of amides is 2. The first-order valence-electron chi connectivity index (χ1n) is 12.5. The minimum atomic E-state index is -0.642. The van der Waals surface area contributed by atoms with E-state index < -0.39 is 5.41 Å². The summed E-state index contributed by atoms with van der Waals surface area (Å²) in [5.41, 5.74) is 4.35. The summed E-state index contributed by atoms with van der Waals surface area (Å²) in [4.78, 5) is 30.9. The molecule has 2 aliphatic heterocycles. The highest BCUT2D eigenvalue weighted by Crippen LogP contribution is 2.62. The molecule has 2 heterocycles. The van der Waals surface area contributed by atoms with Gasteiger partial charge >= 0.3 is 0 Å². The molecule has 5 heteroatoms. The van der Waals surface area contributed by atoms with Gasteiger partial charge in [0.2, 0.25) is 11.8 Å². The van der Waals surface area contributed by atoms with Crippen LogP contribution in [0.25, 0.3) is 10.8 Å². The molecule has 3 aromatic carbocycles. The predicted molar refractivity (Wildman–Crippen MR) is 133 cm³/mol. The number of nitrogens with one attached hydrogen (secondary N) is 1. The average Bonchev–Trinajstić information content (AvgIpc) is 3.46. The molecule has 3 aromatic rings. The lowest BCUT2D eigenvalue weighted by atomic mass is 9.94. The van der Waals surface area contributed by atoms with Gasteiger partial charge in [-0.2, -0.15) is 0 Å². The maximum atomic E-state index is 13.8. The molecule has 1 saturated heterocycles. The molecule has 0 aromatic heterocycles. The molecule has 7 rings (SSSR count). The number of para-hydroxylation sites is 1. The molecule has 3 unspecified atom stereocenters. The summed E-state index contributed by atoms with van der Waals surface area (Å²) in [5.74, 6) is -0.123. The van der Waals surface area contributed by atoms with Crippen LogP contribution in [0.1, 0.15) is 42.0 Å². The van der Waals surface area contributed by atoms with Gasteiger partial charge in [0.05, 0.1) is 11.3 Å².